The van der Waals surface area contributed by atoms with Gasteiger partial charge < -0.3 is 9.84 Å². The molecule has 0 saturated heterocycles. The smallest absolute Gasteiger partial charge is 0.320 e. The zero-order valence-corrected chi connectivity index (χ0v) is 9.32. The molecule has 0 radical (unpaired) electrons. The maximum absolute atomic E-state index is 10.6. The van der Waals surface area contributed by atoms with E-state index in [1.807, 2.05) is 0 Å². The van der Waals surface area contributed by atoms with Gasteiger partial charge in [-0.15, -0.1) is 0 Å². The van der Waals surface area contributed by atoms with Crippen LogP contribution in [0.2, 0.25) is 0 Å². The quantitative estimate of drug-likeness (QED) is 0.602. The van der Waals surface area contributed by atoms with Crippen LogP contribution in [-0.4, -0.2) is 48.8 Å². The summed E-state index contributed by atoms with van der Waals surface area (Å²) < 4.78 is 5.34. The van der Waals surface area contributed by atoms with Gasteiger partial charge in [0.2, 0.25) is 0 Å². The number of hydrogen-bond acceptors (Lipinski definition) is 3. The minimum Gasteiger partial charge on any atom is -0.480 e. The Morgan fingerprint density at radius 1 is 1.50 bits per heavy atom. The van der Waals surface area contributed by atoms with Crippen molar-refractivity contribution in [3.63, 3.8) is 0 Å². The highest BCUT2D eigenvalue weighted by Crippen LogP contribution is 1.95. The van der Waals surface area contributed by atoms with Crippen molar-refractivity contribution in [3.8, 4) is 0 Å². The van der Waals surface area contributed by atoms with Crippen LogP contribution in [0.4, 0.5) is 0 Å². The molecular formula is C10H21NO3. The lowest BCUT2D eigenvalue weighted by molar-refractivity contribution is -0.142. The normalized spacial score (nSPS) is 13.1. The first kappa shape index (κ1) is 13.4. The number of hydrogen-bond donors (Lipinski definition) is 1. The Kier molecular flexibility index (Phi) is 7.42. The average Bonchev–Trinajstić information content (AvgIpc) is 2.16. The van der Waals surface area contributed by atoms with Gasteiger partial charge in [-0.2, -0.15) is 0 Å². The molecule has 0 rings (SSSR count). The van der Waals surface area contributed by atoms with E-state index in [1.165, 1.54) is 0 Å². The van der Waals surface area contributed by atoms with Gasteiger partial charge in [0.05, 0.1) is 6.61 Å². The molecular weight excluding hydrogens is 182 g/mol. The number of rotatable bonds is 8. The lowest BCUT2D eigenvalue weighted by Gasteiger charge is -2.20. The lowest BCUT2D eigenvalue weighted by Crippen LogP contribution is -2.37. The fraction of sp³-hybridized carbons (Fsp3) is 0.900. The van der Waals surface area contributed by atoms with E-state index in [2.05, 4.69) is 6.92 Å². The number of carboxylic acids is 1. The Labute approximate surface area is 85.9 Å². The van der Waals surface area contributed by atoms with Crippen LogP contribution in [0.3, 0.4) is 0 Å². The Morgan fingerprint density at radius 3 is 2.64 bits per heavy atom. The lowest BCUT2D eigenvalue weighted by atomic mass is 10.3. The molecule has 14 heavy (non-hydrogen) atoms. The van der Waals surface area contributed by atoms with Crippen molar-refractivity contribution in [3.05, 3.63) is 0 Å². The Bertz CT molecular complexity index is 161. The van der Waals surface area contributed by atoms with Crippen molar-refractivity contribution in [2.45, 2.75) is 32.7 Å². The molecule has 0 aliphatic carbocycles. The van der Waals surface area contributed by atoms with E-state index in [9.17, 15) is 4.79 Å². The van der Waals surface area contributed by atoms with Gasteiger partial charge in [0.25, 0.3) is 0 Å². The molecule has 0 fully saturated rings. The summed E-state index contributed by atoms with van der Waals surface area (Å²) in [5.41, 5.74) is 0. The second-order valence-corrected chi connectivity index (χ2v) is 3.46. The first-order valence-electron chi connectivity index (χ1n) is 5.10. The molecule has 0 aliphatic rings. The molecule has 0 aromatic heterocycles. The van der Waals surface area contributed by atoms with Gasteiger partial charge >= 0.3 is 5.97 Å². The van der Waals surface area contributed by atoms with E-state index in [1.54, 1.807) is 18.9 Å². The van der Waals surface area contributed by atoms with Gasteiger partial charge in [0.15, 0.2) is 0 Å². The highest BCUT2D eigenvalue weighted by Gasteiger charge is 2.15. The van der Waals surface area contributed by atoms with Crippen LogP contribution in [0.15, 0.2) is 0 Å². The van der Waals surface area contributed by atoms with Crippen molar-refractivity contribution in [2.75, 3.05) is 26.8 Å². The van der Waals surface area contributed by atoms with Gasteiger partial charge in [-0.1, -0.05) is 13.3 Å². The number of nitrogens with zero attached hydrogens (tertiary/aromatic N) is 1. The Morgan fingerprint density at radius 2 is 2.14 bits per heavy atom. The molecule has 0 aliphatic heterocycles. The third-order valence-corrected chi connectivity index (χ3v) is 2.25. The van der Waals surface area contributed by atoms with Crippen molar-refractivity contribution >= 4 is 5.97 Å². The standard InChI is InChI=1S/C10H21NO3/c1-4-5-7-14-8-6-11(3)9(2)10(12)13/h9H,4-8H2,1-3H3,(H,12,13). The maximum Gasteiger partial charge on any atom is 0.320 e. The first-order chi connectivity index (χ1) is 6.59. The van der Waals surface area contributed by atoms with Crippen LogP contribution in [-0.2, 0) is 9.53 Å². The van der Waals surface area contributed by atoms with E-state index in [-0.39, 0.29) is 0 Å². The average molecular weight is 203 g/mol. The zero-order chi connectivity index (χ0) is 11.0. The van der Waals surface area contributed by atoms with Gasteiger partial charge in [0, 0.05) is 13.2 Å². The molecule has 1 N–H and O–H groups in total. The van der Waals surface area contributed by atoms with Crippen LogP contribution in [0.5, 0.6) is 0 Å². The van der Waals surface area contributed by atoms with Crippen LogP contribution in [0.1, 0.15) is 26.7 Å². The number of carboxylic acid groups (broad SMARTS) is 1. The van der Waals surface area contributed by atoms with E-state index < -0.39 is 12.0 Å². The molecule has 0 bridgehead atoms. The summed E-state index contributed by atoms with van der Waals surface area (Å²) in [7, 11) is 1.79. The predicted octanol–water partition coefficient (Wildman–Crippen LogP) is 1.21. The summed E-state index contributed by atoms with van der Waals surface area (Å²) in [5, 5.41) is 8.71. The molecule has 4 heteroatoms. The van der Waals surface area contributed by atoms with Crippen LogP contribution in [0.25, 0.3) is 0 Å². The minimum atomic E-state index is -0.791. The monoisotopic (exact) mass is 203 g/mol. The first-order valence-corrected chi connectivity index (χ1v) is 5.10. The zero-order valence-electron chi connectivity index (χ0n) is 9.32. The third-order valence-electron chi connectivity index (χ3n) is 2.25. The molecule has 0 saturated carbocycles. The van der Waals surface area contributed by atoms with Crippen molar-refractivity contribution < 1.29 is 14.6 Å². The molecule has 0 aromatic carbocycles. The third kappa shape index (κ3) is 5.94. The summed E-state index contributed by atoms with van der Waals surface area (Å²) in [6.07, 6.45) is 2.19. The molecule has 4 nitrogen and oxygen atoms in total. The fourth-order valence-electron chi connectivity index (χ4n) is 0.939. The molecule has 84 valence electrons. The van der Waals surface area contributed by atoms with Crippen molar-refractivity contribution in [1.82, 2.24) is 4.90 Å². The summed E-state index contributed by atoms with van der Waals surface area (Å²) >= 11 is 0. The second-order valence-electron chi connectivity index (χ2n) is 3.46. The predicted molar refractivity (Wildman–Crippen MR) is 55.5 cm³/mol. The molecule has 0 aromatic rings. The van der Waals surface area contributed by atoms with Crippen molar-refractivity contribution in [1.29, 1.82) is 0 Å². The molecule has 1 atom stereocenters. The highest BCUT2D eigenvalue weighted by atomic mass is 16.5. The highest BCUT2D eigenvalue weighted by molar-refractivity contribution is 5.72. The topological polar surface area (TPSA) is 49.8 Å². The Balaban J connectivity index is 3.43. The fourth-order valence-corrected chi connectivity index (χ4v) is 0.939. The molecule has 0 spiro atoms. The number of likely N-dealkylation sites (N-methyl/N-ethyl adjacent to an activating group) is 1. The Hall–Kier alpha value is -0.610. The number of carbonyl (C=O) groups is 1. The van der Waals surface area contributed by atoms with Crippen molar-refractivity contribution in [2.24, 2.45) is 0 Å². The second kappa shape index (κ2) is 7.76. The van der Waals surface area contributed by atoms with Gasteiger partial charge in [-0.25, -0.2) is 0 Å². The van der Waals surface area contributed by atoms with E-state index >= 15 is 0 Å². The summed E-state index contributed by atoms with van der Waals surface area (Å²) in [6.45, 7) is 5.83. The van der Waals surface area contributed by atoms with Gasteiger partial charge in [-0.05, 0) is 20.4 Å². The largest absolute Gasteiger partial charge is 0.480 e. The molecule has 0 amide bonds. The van der Waals surface area contributed by atoms with E-state index in [0.717, 1.165) is 19.4 Å². The van der Waals surface area contributed by atoms with Gasteiger partial charge in [-0.3, -0.25) is 9.69 Å². The molecule has 1 unspecified atom stereocenters. The summed E-state index contributed by atoms with van der Waals surface area (Å²) in [6, 6.07) is -0.440. The van der Waals surface area contributed by atoms with Crippen LogP contribution < -0.4 is 0 Å². The molecule has 0 heterocycles. The van der Waals surface area contributed by atoms with Crippen LogP contribution >= 0.6 is 0 Å². The number of ether oxygens (including phenoxy) is 1. The minimum absolute atomic E-state index is 0.440. The number of unbranched alkanes of at least 4 members (excludes halogenated alkanes) is 1. The summed E-state index contributed by atoms with van der Waals surface area (Å²) in [5.74, 6) is -0.791. The van der Waals surface area contributed by atoms with Gasteiger partial charge in [0.1, 0.15) is 6.04 Å². The van der Waals surface area contributed by atoms with E-state index in [4.69, 9.17) is 9.84 Å². The summed E-state index contributed by atoms with van der Waals surface area (Å²) in [4.78, 5) is 12.4. The maximum atomic E-state index is 10.6. The number of aliphatic carboxylic acids is 1. The van der Waals surface area contributed by atoms with Crippen LogP contribution in [0, 0.1) is 0 Å². The SMILES string of the molecule is CCCCOCCN(C)C(C)C(=O)O. The van der Waals surface area contributed by atoms with E-state index in [0.29, 0.717) is 13.2 Å².